The summed E-state index contributed by atoms with van der Waals surface area (Å²) in [5.74, 6) is 1.03. The van der Waals surface area contributed by atoms with Gasteiger partial charge in [0.25, 0.3) is 0 Å². The van der Waals surface area contributed by atoms with Gasteiger partial charge in [-0.1, -0.05) is 36.4 Å². The number of methoxy groups -OCH3 is 2. The van der Waals surface area contributed by atoms with Crippen LogP contribution in [-0.2, 0) is 17.9 Å². The van der Waals surface area contributed by atoms with E-state index in [1.54, 1.807) is 14.2 Å². The summed E-state index contributed by atoms with van der Waals surface area (Å²) in [5.41, 5.74) is 2.01. The van der Waals surface area contributed by atoms with Gasteiger partial charge in [0.15, 0.2) is 11.5 Å². The highest BCUT2D eigenvalue weighted by molar-refractivity contribution is 5.94. The minimum Gasteiger partial charge on any atom is -0.493 e. The van der Waals surface area contributed by atoms with Crippen LogP contribution >= 0.6 is 0 Å². The van der Waals surface area contributed by atoms with Crippen LogP contribution in [0.5, 0.6) is 11.5 Å². The van der Waals surface area contributed by atoms with Crippen LogP contribution in [0.15, 0.2) is 48.5 Å². The molecule has 0 aliphatic carbocycles. The lowest BCUT2D eigenvalue weighted by molar-refractivity contribution is -0.120. The molecule has 7 nitrogen and oxygen atoms in total. The summed E-state index contributed by atoms with van der Waals surface area (Å²) in [6, 6.07) is 14.7. The van der Waals surface area contributed by atoms with Crippen molar-refractivity contribution in [3.05, 3.63) is 59.7 Å². The van der Waals surface area contributed by atoms with Gasteiger partial charge in [-0.25, -0.2) is 4.79 Å². The number of rotatable bonds is 9. The molecule has 28 heavy (non-hydrogen) atoms. The van der Waals surface area contributed by atoms with Crippen LogP contribution in [0.4, 0.5) is 4.79 Å². The van der Waals surface area contributed by atoms with E-state index in [2.05, 4.69) is 10.6 Å². The molecule has 0 heterocycles. The smallest absolute Gasteiger partial charge is 0.321 e. The Hall–Kier alpha value is -3.06. The first-order valence-electron chi connectivity index (χ1n) is 9.03. The molecule has 0 aromatic heterocycles. The van der Waals surface area contributed by atoms with Gasteiger partial charge < -0.3 is 19.7 Å². The predicted octanol–water partition coefficient (Wildman–Crippen LogP) is 2.55. The molecule has 0 radical (unpaired) electrons. The zero-order valence-electron chi connectivity index (χ0n) is 16.5. The van der Waals surface area contributed by atoms with Gasteiger partial charge in [0.05, 0.1) is 14.2 Å². The summed E-state index contributed by atoms with van der Waals surface area (Å²) in [5, 5.41) is 5.02. The summed E-state index contributed by atoms with van der Waals surface area (Å²) in [6.07, 6.45) is 0.225. The number of carbonyl (C=O) groups excluding carboxylic acids is 2. The number of hydrogen-bond donors (Lipinski definition) is 2. The Morgan fingerprint density at radius 1 is 0.964 bits per heavy atom. The lowest BCUT2D eigenvalue weighted by Gasteiger charge is -2.17. The Kier molecular flexibility index (Phi) is 8.30. The first kappa shape index (κ1) is 21.2. The Morgan fingerprint density at radius 3 is 2.36 bits per heavy atom. The van der Waals surface area contributed by atoms with E-state index in [0.717, 1.165) is 11.1 Å². The minimum absolute atomic E-state index is 0.225. The van der Waals surface area contributed by atoms with E-state index >= 15 is 0 Å². The Balaban J connectivity index is 1.72. The number of nitrogens with one attached hydrogen (secondary N) is 2. The predicted molar refractivity (Wildman–Crippen MR) is 107 cm³/mol. The number of ether oxygens (including phenoxy) is 2. The van der Waals surface area contributed by atoms with E-state index in [9.17, 15) is 9.59 Å². The van der Waals surface area contributed by atoms with Crippen molar-refractivity contribution in [3.63, 3.8) is 0 Å². The third kappa shape index (κ3) is 6.92. The lowest BCUT2D eigenvalue weighted by atomic mass is 10.2. The van der Waals surface area contributed by atoms with Gasteiger partial charge in [-0.3, -0.25) is 10.1 Å². The molecule has 2 aromatic rings. The van der Waals surface area contributed by atoms with Crippen molar-refractivity contribution in [1.29, 1.82) is 0 Å². The molecule has 0 saturated carbocycles. The van der Waals surface area contributed by atoms with E-state index in [4.69, 9.17) is 9.47 Å². The molecular formula is C21H27N3O4. The van der Waals surface area contributed by atoms with Crippen molar-refractivity contribution in [1.82, 2.24) is 15.5 Å². The molecule has 7 heteroatoms. The maximum absolute atomic E-state index is 12.0. The third-order valence-corrected chi connectivity index (χ3v) is 4.17. The van der Waals surface area contributed by atoms with E-state index in [1.165, 1.54) is 0 Å². The second-order valence-corrected chi connectivity index (χ2v) is 6.39. The average molecular weight is 385 g/mol. The van der Waals surface area contributed by atoms with Crippen molar-refractivity contribution in [2.45, 2.75) is 19.5 Å². The van der Waals surface area contributed by atoms with Gasteiger partial charge in [0.2, 0.25) is 5.91 Å². The highest BCUT2D eigenvalue weighted by atomic mass is 16.5. The van der Waals surface area contributed by atoms with Gasteiger partial charge >= 0.3 is 6.03 Å². The normalized spacial score (nSPS) is 10.4. The summed E-state index contributed by atoms with van der Waals surface area (Å²) < 4.78 is 10.5. The standard InChI is InChI=1S/C21H27N3O4/c1-24(15-17-9-10-18(27-2)19(13-17)28-3)12-11-20(25)23-21(26)22-14-16-7-5-4-6-8-16/h4-10,13H,11-12,14-15H2,1-3H3,(H2,22,23,25,26). The van der Waals surface area contributed by atoms with Crippen molar-refractivity contribution in [2.24, 2.45) is 0 Å². The summed E-state index contributed by atoms with van der Waals surface area (Å²) in [7, 11) is 5.11. The molecule has 2 rings (SSSR count). The first-order chi connectivity index (χ1) is 13.5. The molecule has 3 amide bonds. The number of amides is 3. The molecule has 0 atom stereocenters. The highest BCUT2D eigenvalue weighted by Gasteiger charge is 2.10. The number of hydrogen-bond acceptors (Lipinski definition) is 5. The third-order valence-electron chi connectivity index (χ3n) is 4.17. The molecule has 150 valence electrons. The second-order valence-electron chi connectivity index (χ2n) is 6.39. The lowest BCUT2D eigenvalue weighted by Crippen LogP contribution is -2.40. The molecule has 0 aliphatic heterocycles. The van der Waals surface area contributed by atoms with E-state index in [1.807, 2.05) is 60.5 Å². The Morgan fingerprint density at radius 2 is 1.68 bits per heavy atom. The average Bonchev–Trinajstić information content (AvgIpc) is 2.71. The van der Waals surface area contributed by atoms with Crippen LogP contribution in [0, 0.1) is 0 Å². The fourth-order valence-electron chi connectivity index (χ4n) is 2.67. The molecule has 2 aromatic carbocycles. The minimum atomic E-state index is -0.489. The van der Waals surface area contributed by atoms with Gasteiger partial charge in [-0.05, 0) is 30.3 Å². The molecule has 0 bridgehead atoms. The number of carbonyl (C=O) groups is 2. The van der Waals surface area contributed by atoms with Crippen LogP contribution in [0.1, 0.15) is 17.5 Å². The van der Waals surface area contributed by atoms with Crippen molar-refractivity contribution >= 4 is 11.9 Å². The zero-order chi connectivity index (χ0) is 20.4. The molecule has 2 N–H and O–H groups in total. The Labute approximate surface area is 165 Å². The fraction of sp³-hybridized carbons (Fsp3) is 0.333. The number of nitrogens with zero attached hydrogens (tertiary/aromatic N) is 1. The maximum Gasteiger partial charge on any atom is 0.321 e. The molecule has 0 aliphatic rings. The van der Waals surface area contributed by atoms with Gasteiger partial charge in [-0.15, -0.1) is 0 Å². The van der Waals surface area contributed by atoms with Gasteiger partial charge in [0.1, 0.15) is 0 Å². The van der Waals surface area contributed by atoms with Crippen molar-refractivity contribution in [2.75, 3.05) is 27.8 Å². The number of imide groups is 1. The van der Waals surface area contributed by atoms with Gasteiger partial charge in [0, 0.05) is 26.1 Å². The van der Waals surface area contributed by atoms with Gasteiger partial charge in [-0.2, -0.15) is 0 Å². The van der Waals surface area contributed by atoms with Crippen LogP contribution in [0.3, 0.4) is 0 Å². The number of urea groups is 1. The molecule has 0 fully saturated rings. The zero-order valence-corrected chi connectivity index (χ0v) is 16.5. The maximum atomic E-state index is 12.0. The SMILES string of the molecule is COc1ccc(CN(C)CCC(=O)NC(=O)NCc2ccccc2)cc1OC. The van der Waals surface area contributed by atoms with E-state index in [-0.39, 0.29) is 12.3 Å². The Bertz CT molecular complexity index is 780. The largest absolute Gasteiger partial charge is 0.493 e. The van der Waals surface area contributed by atoms with Crippen molar-refractivity contribution < 1.29 is 19.1 Å². The monoisotopic (exact) mass is 385 g/mol. The topological polar surface area (TPSA) is 79.9 Å². The molecule has 0 unspecified atom stereocenters. The van der Waals surface area contributed by atoms with Crippen LogP contribution < -0.4 is 20.1 Å². The number of benzene rings is 2. The summed E-state index contributed by atoms with van der Waals surface area (Å²) in [6.45, 7) is 1.54. The second kappa shape index (κ2) is 10.9. The summed E-state index contributed by atoms with van der Waals surface area (Å²) in [4.78, 5) is 25.8. The van der Waals surface area contributed by atoms with Crippen LogP contribution in [-0.4, -0.2) is 44.7 Å². The van der Waals surface area contributed by atoms with Crippen LogP contribution in [0.25, 0.3) is 0 Å². The molecule has 0 spiro atoms. The fourth-order valence-corrected chi connectivity index (χ4v) is 2.67. The quantitative estimate of drug-likeness (QED) is 0.693. The van der Waals surface area contributed by atoms with E-state index < -0.39 is 6.03 Å². The summed E-state index contributed by atoms with van der Waals surface area (Å²) >= 11 is 0. The van der Waals surface area contributed by atoms with Crippen LogP contribution in [0.2, 0.25) is 0 Å². The van der Waals surface area contributed by atoms with E-state index in [0.29, 0.717) is 31.1 Å². The first-order valence-corrected chi connectivity index (χ1v) is 9.03. The highest BCUT2D eigenvalue weighted by Crippen LogP contribution is 2.27. The molecule has 0 saturated heterocycles. The van der Waals surface area contributed by atoms with Crippen molar-refractivity contribution in [3.8, 4) is 11.5 Å². The molecular weight excluding hydrogens is 358 g/mol.